The predicted molar refractivity (Wildman–Crippen MR) is 79.3 cm³/mol. The summed E-state index contributed by atoms with van der Waals surface area (Å²) in [5.74, 6) is -0.115. The molecule has 0 radical (unpaired) electrons. The Kier molecular flexibility index (Phi) is 3.82. The van der Waals surface area contributed by atoms with E-state index in [1.54, 1.807) is 22.7 Å². The Hall–Kier alpha value is -1.85. The number of nitrogens with zero attached hydrogens (tertiary/aromatic N) is 3. The summed E-state index contributed by atoms with van der Waals surface area (Å²) < 4.78 is 1.70. The Morgan fingerprint density at radius 1 is 1.24 bits per heavy atom. The van der Waals surface area contributed by atoms with Crippen molar-refractivity contribution in [3.63, 3.8) is 0 Å². The van der Waals surface area contributed by atoms with Crippen LogP contribution in [0.5, 0.6) is 0 Å². The topological polar surface area (TPSA) is 67.2 Å². The molecule has 1 fully saturated rings. The van der Waals surface area contributed by atoms with E-state index in [0.717, 1.165) is 5.56 Å². The van der Waals surface area contributed by atoms with Crippen LogP contribution in [-0.2, 0) is 23.2 Å². The molecule has 0 bridgehead atoms. The molecule has 1 aromatic rings. The lowest BCUT2D eigenvalue weighted by Gasteiger charge is -2.49. The number of aromatic nitrogens is 2. The Bertz CT molecular complexity index is 568. The molecule has 0 saturated carbocycles. The van der Waals surface area contributed by atoms with Crippen LogP contribution in [0.2, 0.25) is 0 Å². The summed E-state index contributed by atoms with van der Waals surface area (Å²) >= 11 is 0. The van der Waals surface area contributed by atoms with Crippen molar-refractivity contribution >= 4 is 11.8 Å². The van der Waals surface area contributed by atoms with Gasteiger partial charge < -0.3 is 10.2 Å². The van der Waals surface area contributed by atoms with Gasteiger partial charge in [-0.15, -0.1) is 0 Å². The number of rotatable bonds is 4. The van der Waals surface area contributed by atoms with E-state index >= 15 is 0 Å². The number of hydrogen-bond donors (Lipinski definition) is 1. The quantitative estimate of drug-likeness (QED) is 0.907. The van der Waals surface area contributed by atoms with Crippen LogP contribution >= 0.6 is 0 Å². The number of aryl methyl sites for hydroxylation is 1. The van der Waals surface area contributed by atoms with Crippen LogP contribution in [0.3, 0.4) is 0 Å². The van der Waals surface area contributed by atoms with Crippen LogP contribution in [0.1, 0.15) is 46.1 Å². The van der Waals surface area contributed by atoms with E-state index in [-0.39, 0.29) is 11.8 Å². The van der Waals surface area contributed by atoms with Crippen molar-refractivity contribution in [2.75, 3.05) is 0 Å². The molecule has 0 spiro atoms. The molecule has 1 aliphatic heterocycles. The lowest BCUT2D eigenvalue weighted by Crippen LogP contribution is -2.73. The first kappa shape index (κ1) is 15.5. The summed E-state index contributed by atoms with van der Waals surface area (Å²) in [6.45, 7) is 7.86. The Balaban J connectivity index is 2.39. The van der Waals surface area contributed by atoms with E-state index < -0.39 is 11.1 Å². The van der Waals surface area contributed by atoms with Crippen molar-refractivity contribution in [1.82, 2.24) is 20.0 Å². The van der Waals surface area contributed by atoms with Gasteiger partial charge >= 0.3 is 0 Å². The molecule has 116 valence electrons. The summed E-state index contributed by atoms with van der Waals surface area (Å²) in [7, 11) is 1.84. The number of nitrogens with one attached hydrogen (secondary N) is 1. The largest absolute Gasteiger partial charge is 0.340 e. The molecule has 2 rings (SSSR count). The maximum Gasteiger partial charge on any atom is 0.249 e. The molecule has 21 heavy (non-hydrogen) atoms. The van der Waals surface area contributed by atoms with Crippen molar-refractivity contribution in [2.45, 2.75) is 58.2 Å². The minimum Gasteiger partial charge on any atom is -0.340 e. The molecule has 0 aliphatic carbocycles. The van der Waals surface area contributed by atoms with Crippen LogP contribution in [0.15, 0.2) is 12.4 Å². The third kappa shape index (κ3) is 2.43. The summed E-state index contributed by atoms with van der Waals surface area (Å²) in [4.78, 5) is 27.1. The Morgan fingerprint density at radius 2 is 1.90 bits per heavy atom. The summed E-state index contributed by atoms with van der Waals surface area (Å²) in [6.07, 6.45) is 4.75. The highest BCUT2D eigenvalue weighted by molar-refractivity contribution is 6.01. The normalized spacial score (nSPS) is 29.7. The summed E-state index contributed by atoms with van der Waals surface area (Å²) in [6, 6.07) is 0. The first-order chi connectivity index (χ1) is 9.76. The van der Waals surface area contributed by atoms with Crippen molar-refractivity contribution < 1.29 is 9.59 Å². The van der Waals surface area contributed by atoms with Gasteiger partial charge in [-0.05, 0) is 26.7 Å². The number of piperazine rings is 1. The van der Waals surface area contributed by atoms with Gasteiger partial charge in [0.2, 0.25) is 11.8 Å². The van der Waals surface area contributed by atoms with Gasteiger partial charge in [0, 0.05) is 25.4 Å². The average molecular weight is 292 g/mol. The molecular weight excluding hydrogens is 268 g/mol. The zero-order valence-corrected chi connectivity index (χ0v) is 13.4. The van der Waals surface area contributed by atoms with E-state index in [4.69, 9.17) is 0 Å². The van der Waals surface area contributed by atoms with Gasteiger partial charge in [-0.1, -0.05) is 13.8 Å². The van der Waals surface area contributed by atoms with E-state index in [0.29, 0.717) is 19.4 Å². The highest BCUT2D eigenvalue weighted by atomic mass is 16.2. The molecular formula is C15H24N4O2. The smallest absolute Gasteiger partial charge is 0.249 e. The minimum absolute atomic E-state index is 0.0298. The zero-order valence-electron chi connectivity index (χ0n) is 13.4. The van der Waals surface area contributed by atoms with Gasteiger partial charge in [-0.25, -0.2) is 0 Å². The lowest BCUT2D eigenvalue weighted by atomic mass is 9.84. The van der Waals surface area contributed by atoms with Gasteiger partial charge in [0.1, 0.15) is 11.1 Å². The van der Waals surface area contributed by atoms with Gasteiger partial charge in [-0.2, -0.15) is 5.10 Å². The highest BCUT2D eigenvalue weighted by Crippen LogP contribution is 2.31. The number of hydrogen-bond acceptors (Lipinski definition) is 3. The second-order valence-corrected chi connectivity index (χ2v) is 6.18. The Morgan fingerprint density at radius 3 is 2.38 bits per heavy atom. The maximum atomic E-state index is 12.9. The zero-order chi connectivity index (χ0) is 15.8. The van der Waals surface area contributed by atoms with E-state index in [1.165, 1.54) is 0 Å². The van der Waals surface area contributed by atoms with E-state index in [2.05, 4.69) is 10.4 Å². The SMILES string of the molecule is CCC1(C)NC(=O)C(C)(CC)N(Cc2cnn(C)c2)C1=O. The maximum absolute atomic E-state index is 12.9. The fourth-order valence-corrected chi connectivity index (χ4v) is 2.66. The van der Waals surface area contributed by atoms with Crippen LogP contribution in [0.4, 0.5) is 0 Å². The van der Waals surface area contributed by atoms with Crippen LogP contribution < -0.4 is 5.32 Å². The monoisotopic (exact) mass is 292 g/mol. The first-order valence-electron chi connectivity index (χ1n) is 7.39. The van der Waals surface area contributed by atoms with E-state index in [1.807, 2.05) is 34.0 Å². The molecule has 2 amide bonds. The van der Waals surface area contributed by atoms with Crippen LogP contribution in [0, 0.1) is 0 Å². The standard InChI is InChI=1S/C15H24N4O2/c1-6-14(3)13(21)19(10-11-8-16-18(5)9-11)15(4,7-2)12(20)17-14/h8-9H,6-7,10H2,1-5H3,(H,17,20). The highest BCUT2D eigenvalue weighted by Gasteiger charge is 2.52. The molecule has 6 nitrogen and oxygen atoms in total. The molecule has 6 heteroatoms. The van der Waals surface area contributed by atoms with Crippen LogP contribution in [-0.4, -0.2) is 37.6 Å². The molecule has 2 unspecified atom stereocenters. The molecule has 2 atom stereocenters. The van der Waals surface area contributed by atoms with Crippen molar-refractivity contribution in [3.8, 4) is 0 Å². The lowest BCUT2D eigenvalue weighted by molar-refractivity contribution is -0.162. The fraction of sp³-hybridized carbons (Fsp3) is 0.667. The first-order valence-corrected chi connectivity index (χ1v) is 7.39. The number of amides is 2. The van der Waals surface area contributed by atoms with E-state index in [9.17, 15) is 9.59 Å². The second-order valence-electron chi connectivity index (χ2n) is 6.18. The fourth-order valence-electron chi connectivity index (χ4n) is 2.66. The average Bonchev–Trinajstić information content (AvgIpc) is 2.87. The van der Waals surface area contributed by atoms with Gasteiger partial charge in [0.25, 0.3) is 0 Å². The molecule has 0 aromatic carbocycles. The van der Waals surface area contributed by atoms with Crippen molar-refractivity contribution in [3.05, 3.63) is 18.0 Å². The van der Waals surface area contributed by atoms with Gasteiger partial charge in [0.15, 0.2) is 0 Å². The number of carbonyl (C=O) groups is 2. The number of carbonyl (C=O) groups excluding carboxylic acids is 2. The van der Waals surface area contributed by atoms with Crippen molar-refractivity contribution in [2.24, 2.45) is 7.05 Å². The van der Waals surface area contributed by atoms with Crippen LogP contribution in [0.25, 0.3) is 0 Å². The summed E-state index contributed by atoms with van der Waals surface area (Å²) in [5.41, 5.74) is -0.714. The van der Waals surface area contributed by atoms with Gasteiger partial charge in [-0.3, -0.25) is 14.3 Å². The molecule has 2 heterocycles. The minimum atomic E-state index is -0.825. The predicted octanol–water partition coefficient (Wildman–Crippen LogP) is 1.22. The van der Waals surface area contributed by atoms with Crippen molar-refractivity contribution in [1.29, 1.82) is 0 Å². The third-order valence-electron chi connectivity index (χ3n) is 4.69. The molecule has 1 aliphatic rings. The molecule has 1 aromatic heterocycles. The second kappa shape index (κ2) is 5.16. The molecule has 1 saturated heterocycles. The third-order valence-corrected chi connectivity index (χ3v) is 4.69. The molecule has 1 N–H and O–H groups in total. The van der Waals surface area contributed by atoms with Gasteiger partial charge in [0.05, 0.1) is 6.20 Å². The summed E-state index contributed by atoms with van der Waals surface area (Å²) in [5, 5.41) is 7.04. The Labute approximate surface area is 125 Å².